The zero-order valence-electron chi connectivity index (χ0n) is 23.5. The molecular weight excluding hydrogens is 570 g/mol. The molecule has 222 valence electrons. The van der Waals surface area contributed by atoms with Crippen molar-refractivity contribution in [1.29, 1.82) is 0 Å². The van der Waals surface area contributed by atoms with Gasteiger partial charge in [-0.25, -0.2) is 18.1 Å². The number of imide groups is 1. The molecule has 3 heterocycles. The fourth-order valence-electron chi connectivity index (χ4n) is 6.53. The Morgan fingerprint density at radius 1 is 0.860 bits per heavy atom. The topological polar surface area (TPSA) is 130 Å². The number of rotatable bonds is 8. The number of piperidine rings is 2. The summed E-state index contributed by atoms with van der Waals surface area (Å²) in [5.41, 5.74) is 1.71. The molecular formula is C32H31N3O7S. The Morgan fingerprint density at radius 2 is 1.44 bits per heavy atom. The maximum atomic E-state index is 13.8. The number of esters is 1. The second kappa shape index (κ2) is 11.4. The van der Waals surface area contributed by atoms with Crippen molar-refractivity contribution < 1.29 is 32.3 Å². The van der Waals surface area contributed by atoms with Gasteiger partial charge in [0.15, 0.2) is 0 Å². The monoisotopic (exact) mass is 601 g/mol. The molecule has 10 nitrogen and oxygen atoms in total. The summed E-state index contributed by atoms with van der Waals surface area (Å²) in [7, 11) is -2.73. The highest BCUT2D eigenvalue weighted by atomic mass is 32.2. The molecule has 0 aromatic heterocycles. The summed E-state index contributed by atoms with van der Waals surface area (Å²) < 4.78 is 33.8. The van der Waals surface area contributed by atoms with E-state index in [-0.39, 0.29) is 23.3 Å². The van der Waals surface area contributed by atoms with Crippen LogP contribution in [-0.2, 0) is 30.8 Å². The van der Waals surface area contributed by atoms with Crippen LogP contribution in [0.2, 0.25) is 0 Å². The smallest absolute Gasteiger partial charge is 0.328 e. The molecule has 4 aliphatic rings. The van der Waals surface area contributed by atoms with E-state index in [4.69, 9.17) is 4.74 Å². The average Bonchev–Trinajstić information content (AvgIpc) is 3.30. The number of hydrogen-bond acceptors (Lipinski definition) is 7. The summed E-state index contributed by atoms with van der Waals surface area (Å²) in [6.45, 7) is 0. The summed E-state index contributed by atoms with van der Waals surface area (Å²) in [6.07, 6.45) is 2.88. The molecule has 1 saturated carbocycles. The van der Waals surface area contributed by atoms with Gasteiger partial charge < -0.3 is 10.1 Å². The third-order valence-corrected chi connectivity index (χ3v) is 10.6. The maximum Gasteiger partial charge on any atom is 0.328 e. The van der Waals surface area contributed by atoms with Crippen LogP contribution < -0.4 is 10.2 Å². The van der Waals surface area contributed by atoms with Gasteiger partial charge >= 0.3 is 5.97 Å². The number of nitrogens with one attached hydrogen (secondary N) is 1. The van der Waals surface area contributed by atoms with E-state index in [0.29, 0.717) is 35.2 Å². The Kier molecular flexibility index (Phi) is 7.61. The number of anilines is 1. The fourth-order valence-corrected chi connectivity index (χ4v) is 8.44. The van der Waals surface area contributed by atoms with E-state index in [1.807, 2.05) is 0 Å². The van der Waals surface area contributed by atoms with E-state index in [0.717, 1.165) is 17.7 Å². The quantitative estimate of drug-likeness (QED) is 0.310. The summed E-state index contributed by atoms with van der Waals surface area (Å²) in [5.74, 6) is -2.20. The van der Waals surface area contributed by atoms with Gasteiger partial charge in [-0.2, -0.15) is 4.31 Å². The molecule has 1 N–H and O–H groups in total. The molecule has 0 spiro atoms. The Morgan fingerprint density at radius 3 is 2.02 bits per heavy atom. The average molecular weight is 602 g/mol. The largest absolute Gasteiger partial charge is 0.467 e. The van der Waals surface area contributed by atoms with Crippen LogP contribution in [0.15, 0.2) is 83.8 Å². The molecule has 2 bridgehead atoms. The first-order valence-corrected chi connectivity index (χ1v) is 15.7. The van der Waals surface area contributed by atoms with Crippen molar-refractivity contribution in [3.63, 3.8) is 0 Å². The highest BCUT2D eigenvalue weighted by Crippen LogP contribution is 2.42. The van der Waals surface area contributed by atoms with Gasteiger partial charge in [0.05, 0.1) is 28.8 Å². The number of nitrogens with zero attached hydrogens (tertiary/aromatic N) is 2. The molecule has 3 amide bonds. The molecule has 3 aromatic carbocycles. The van der Waals surface area contributed by atoms with Crippen LogP contribution in [0.25, 0.3) is 0 Å². The molecule has 1 aliphatic carbocycles. The van der Waals surface area contributed by atoms with Gasteiger partial charge in [-0.05, 0) is 73.6 Å². The maximum absolute atomic E-state index is 13.8. The molecule has 3 aliphatic heterocycles. The van der Waals surface area contributed by atoms with Crippen molar-refractivity contribution >= 4 is 39.4 Å². The van der Waals surface area contributed by atoms with Crippen molar-refractivity contribution in [2.24, 2.45) is 5.92 Å². The Labute approximate surface area is 249 Å². The minimum Gasteiger partial charge on any atom is -0.467 e. The summed E-state index contributed by atoms with van der Waals surface area (Å²) in [5, 5.41) is 2.78. The Hall–Kier alpha value is -4.35. The highest BCUT2D eigenvalue weighted by Gasteiger charge is 2.51. The minimum absolute atomic E-state index is 0.0626. The van der Waals surface area contributed by atoms with Crippen molar-refractivity contribution in [2.45, 2.75) is 55.1 Å². The van der Waals surface area contributed by atoms with Crippen molar-refractivity contribution in [3.05, 3.63) is 95.6 Å². The van der Waals surface area contributed by atoms with Gasteiger partial charge in [-0.3, -0.25) is 14.4 Å². The van der Waals surface area contributed by atoms with Gasteiger partial charge in [-0.15, -0.1) is 0 Å². The standard InChI is InChI=1S/C32H31N3O7S/c1-42-32(39)27(19-20-11-15-22(16-12-20)34-30(37)25-9-5-6-10-26(25)31(34)38)33-29(36)28-21-13-17-23(18-14-21)35(28)43(40,41)24-7-3-2-4-8-24/h2-12,15-16,21,23,27-28H,13-14,17-19H2,1H3,(H,33,36)/t21?,23?,27-,28-/m0/s1. The number of benzene rings is 3. The fraction of sp³-hybridized carbons (Fsp3) is 0.312. The number of carbonyl (C=O) groups is 4. The first-order valence-electron chi connectivity index (χ1n) is 14.2. The zero-order chi connectivity index (χ0) is 30.3. The number of sulfonamides is 1. The van der Waals surface area contributed by atoms with Crippen LogP contribution in [0.3, 0.4) is 0 Å². The zero-order valence-corrected chi connectivity index (χ0v) is 24.3. The predicted molar refractivity (Wildman–Crippen MR) is 157 cm³/mol. The van der Waals surface area contributed by atoms with Gasteiger partial charge in [0.2, 0.25) is 15.9 Å². The molecule has 11 heteroatoms. The van der Waals surface area contributed by atoms with E-state index >= 15 is 0 Å². The number of fused-ring (bicyclic) bond motifs is 4. The van der Waals surface area contributed by atoms with Crippen molar-refractivity contribution in [3.8, 4) is 0 Å². The van der Waals surface area contributed by atoms with Crippen LogP contribution in [0, 0.1) is 5.92 Å². The summed E-state index contributed by atoms with van der Waals surface area (Å²) in [6, 6.07) is 19.0. The van der Waals surface area contributed by atoms with Crippen LogP contribution in [-0.4, -0.2) is 61.6 Å². The summed E-state index contributed by atoms with van der Waals surface area (Å²) >= 11 is 0. The number of methoxy groups -OCH3 is 1. The number of amides is 3. The third-order valence-electron chi connectivity index (χ3n) is 8.64. The number of carbonyl (C=O) groups excluding carboxylic acids is 4. The van der Waals surface area contributed by atoms with Crippen molar-refractivity contribution in [2.75, 3.05) is 12.0 Å². The normalized spacial score (nSPS) is 22.3. The summed E-state index contributed by atoms with van der Waals surface area (Å²) in [4.78, 5) is 53.6. The van der Waals surface area contributed by atoms with E-state index in [2.05, 4.69) is 5.32 Å². The van der Waals surface area contributed by atoms with E-state index < -0.39 is 45.8 Å². The molecule has 2 atom stereocenters. The van der Waals surface area contributed by atoms with Crippen LogP contribution in [0.1, 0.15) is 52.0 Å². The second-order valence-corrected chi connectivity index (χ2v) is 13.0. The van der Waals surface area contributed by atoms with E-state index in [1.54, 1.807) is 66.7 Å². The molecule has 2 saturated heterocycles. The van der Waals surface area contributed by atoms with Gasteiger partial charge in [-0.1, -0.05) is 42.5 Å². The first-order chi connectivity index (χ1) is 20.7. The molecule has 0 unspecified atom stereocenters. The lowest BCUT2D eigenvalue weighted by molar-refractivity contribution is -0.146. The molecule has 3 fully saturated rings. The minimum atomic E-state index is -3.95. The van der Waals surface area contributed by atoms with Crippen molar-refractivity contribution in [1.82, 2.24) is 9.62 Å². The third kappa shape index (κ3) is 5.12. The first kappa shape index (κ1) is 28.8. The molecule has 3 aromatic rings. The lowest BCUT2D eigenvalue weighted by atomic mass is 9.76. The van der Waals surface area contributed by atoms with Crippen LogP contribution in [0.4, 0.5) is 5.69 Å². The molecule has 0 radical (unpaired) electrons. The second-order valence-electron chi connectivity index (χ2n) is 11.1. The predicted octanol–water partition coefficient (Wildman–Crippen LogP) is 3.32. The van der Waals surface area contributed by atoms with E-state index in [9.17, 15) is 27.6 Å². The highest BCUT2D eigenvalue weighted by molar-refractivity contribution is 7.89. The number of hydrogen-bond donors (Lipinski definition) is 1. The van der Waals surface area contributed by atoms with Gasteiger partial charge in [0.25, 0.3) is 11.8 Å². The Balaban J connectivity index is 1.21. The lowest BCUT2D eigenvalue weighted by Gasteiger charge is -2.49. The lowest BCUT2D eigenvalue weighted by Crippen LogP contribution is -2.63. The SMILES string of the molecule is COC(=O)[C@H](Cc1ccc(N2C(=O)c3ccccc3C2=O)cc1)NC(=O)[C@@H]1C2CCC(CC2)N1S(=O)(=O)c1ccccc1. The van der Waals surface area contributed by atoms with Crippen LogP contribution >= 0.6 is 0 Å². The molecule has 7 rings (SSSR count). The van der Waals surface area contributed by atoms with Gasteiger partial charge in [0, 0.05) is 12.5 Å². The number of ether oxygens (including phenoxy) is 1. The van der Waals surface area contributed by atoms with E-state index in [1.165, 1.54) is 23.5 Å². The van der Waals surface area contributed by atoms with Gasteiger partial charge in [0.1, 0.15) is 12.1 Å². The molecule has 43 heavy (non-hydrogen) atoms. The van der Waals surface area contributed by atoms with Crippen LogP contribution in [0.5, 0.6) is 0 Å². The Bertz CT molecular complexity index is 1650.